The third kappa shape index (κ3) is 3.86. The summed E-state index contributed by atoms with van der Waals surface area (Å²) in [5.41, 5.74) is 0.834. The lowest BCUT2D eigenvalue weighted by molar-refractivity contribution is -0.170. The second-order valence-corrected chi connectivity index (χ2v) is 6.17. The molecule has 2 fully saturated rings. The van der Waals surface area contributed by atoms with Gasteiger partial charge in [-0.05, 0) is 15.9 Å². The molecule has 22 heavy (non-hydrogen) atoms. The topological polar surface area (TPSA) is 53.9 Å². The molecule has 3 rings (SSSR count). The molecule has 6 nitrogen and oxygen atoms in total. The Kier molecular flexibility index (Phi) is 4.22. The van der Waals surface area contributed by atoms with Crippen LogP contribution in [0.15, 0.2) is 22.0 Å². The molecule has 10 heteroatoms. The van der Waals surface area contributed by atoms with E-state index in [9.17, 15) is 13.2 Å². The lowest BCUT2D eigenvalue weighted by Gasteiger charge is -2.38. The Morgan fingerprint density at radius 2 is 1.91 bits per heavy atom. The van der Waals surface area contributed by atoms with E-state index in [1.165, 1.54) is 4.90 Å². The van der Waals surface area contributed by atoms with Gasteiger partial charge < -0.3 is 9.74 Å². The number of halogens is 4. The molecule has 2 aliphatic heterocycles. The first-order chi connectivity index (χ1) is 10.4. The third-order valence-electron chi connectivity index (χ3n) is 3.29. The number of likely N-dealkylation sites (tertiary alicyclic amines) is 1. The first kappa shape index (κ1) is 15.5. The Balaban J connectivity index is 1.37. The van der Waals surface area contributed by atoms with Crippen molar-refractivity contribution in [1.29, 1.82) is 0 Å². The van der Waals surface area contributed by atoms with Gasteiger partial charge in [0.15, 0.2) is 6.10 Å². The first-order valence-electron chi connectivity index (χ1n) is 6.62. The van der Waals surface area contributed by atoms with E-state index in [1.54, 1.807) is 12.4 Å². The van der Waals surface area contributed by atoms with Gasteiger partial charge in [-0.15, -0.1) is 0 Å². The molecule has 0 atom stereocenters. The molecular weight excluding hydrogens is 367 g/mol. The molecule has 0 unspecified atom stereocenters. The molecule has 0 bridgehead atoms. The normalized spacial score (nSPS) is 19.6. The molecule has 0 aromatic carbocycles. The van der Waals surface area contributed by atoms with Gasteiger partial charge in [0.25, 0.3) is 0 Å². The molecule has 3 heterocycles. The van der Waals surface area contributed by atoms with E-state index in [0.29, 0.717) is 19.0 Å². The van der Waals surface area contributed by atoms with E-state index >= 15 is 0 Å². The summed E-state index contributed by atoms with van der Waals surface area (Å²) in [5, 5.41) is 3.98. The zero-order valence-electron chi connectivity index (χ0n) is 11.4. The van der Waals surface area contributed by atoms with Crippen LogP contribution in [-0.4, -0.2) is 65.6 Å². The van der Waals surface area contributed by atoms with E-state index in [0.717, 1.165) is 10.2 Å². The van der Waals surface area contributed by atoms with Gasteiger partial charge in [-0.3, -0.25) is 4.90 Å². The summed E-state index contributed by atoms with van der Waals surface area (Å²) in [6.45, 7) is 0.769. The van der Waals surface area contributed by atoms with Gasteiger partial charge in [0.1, 0.15) is 0 Å². The van der Waals surface area contributed by atoms with E-state index in [-0.39, 0.29) is 19.2 Å². The summed E-state index contributed by atoms with van der Waals surface area (Å²) in [5.74, 6) is 0.613. The van der Waals surface area contributed by atoms with Crippen LogP contribution in [-0.2, 0) is 4.84 Å². The zero-order chi connectivity index (χ0) is 15.7. The highest BCUT2D eigenvalue weighted by Crippen LogP contribution is 2.22. The Bertz CT molecular complexity index is 551. The van der Waals surface area contributed by atoms with Gasteiger partial charge in [0.05, 0.1) is 29.8 Å². The van der Waals surface area contributed by atoms with Crippen molar-refractivity contribution in [2.24, 2.45) is 5.16 Å². The number of nitrogens with zero attached hydrogens (tertiary/aromatic N) is 5. The maximum absolute atomic E-state index is 12.1. The molecule has 0 amide bonds. The van der Waals surface area contributed by atoms with Crippen molar-refractivity contribution >= 4 is 27.6 Å². The van der Waals surface area contributed by atoms with Gasteiger partial charge in [-0.1, -0.05) is 5.16 Å². The van der Waals surface area contributed by atoms with Crippen LogP contribution < -0.4 is 4.90 Å². The highest BCUT2D eigenvalue weighted by atomic mass is 79.9. The van der Waals surface area contributed by atoms with Crippen molar-refractivity contribution in [2.75, 3.05) is 37.6 Å². The summed E-state index contributed by atoms with van der Waals surface area (Å²) >= 11 is 3.26. The number of hydrogen-bond donors (Lipinski definition) is 0. The maximum Gasteiger partial charge on any atom is 0.401 e. The summed E-state index contributed by atoms with van der Waals surface area (Å²) < 4.78 is 37.2. The minimum Gasteiger partial charge on any atom is -0.390 e. The first-order valence-corrected chi connectivity index (χ1v) is 7.41. The number of aromatic nitrogens is 2. The van der Waals surface area contributed by atoms with Gasteiger partial charge in [0.2, 0.25) is 5.95 Å². The molecule has 120 valence electrons. The van der Waals surface area contributed by atoms with Gasteiger partial charge >= 0.3 is 6.18 Å². The third-order valence-corrected chi connectivity index (χ3v) is 3.70. The Labute approximate surface area is 133 Å². The lowest BCUT2D eigenvalue weighted by Crippen LogP contribution is -2.55. The summed E-state index contributed by atoms with van der Waals surface area (Å²) in [6, 6.07) is 0. The van der Waals surface area contributed by atoms with Crippen molar-refractivity contribution in [1.82, 2.24) is 14.9 Å². The second kappa shape index (κ2) is 5.99. The molecule has 1 aromatic heterocycles. The fraction of sp³-hybridized carbons (Fsp3) is 0.583. The Hall–Kier alpha value is -1.42. The molecule has 1 aromatic rings. The second-order valence-electron chi connectivity index (χ2n) is 5.25. The predicted octanol–water partition coefficient (Wildman–Crippen LogP) is 1.68. The van der Waals surface area contributed by atoms with Crippen LogP contribution in [0.2, 0.25) is 0 Å². The quantitative estimate of drug-likeness (QED) is 0.745. The number of rotatable bonds is 4. The van der Waals surface area contributed by atoms with E-state index < -0.39 is 12.7 Å². The van der Waals surface area contributed by atoms with Gasteiger partial charge in [-0.2, -0.15) is 13.2 Å². The molecule has 2 saturated heterocycles. The fourth-order valence-electron chi connectivity index (χ4n) is 2.18. The molecule has 2 aliphatic rings. The number of anilines is 1. The van der Waals surface area contributed by atoms with Gasteiger partial charge in [-0.25, -0.2) is 9.97 Å². The van der Waals surface area contributed by atoms with Crippen LogP contribution in [0.1, 0.15) is 0 Å². The van der Waals surface area contributed by atoms with Crippen molar-refractivity contribution in [3.63, 3.8) is 0 Å². The van der Waals surface area contributed by atoms with Crippen LogP contribution in [0.3, 0.4) is 0 Å². The Morgan fingerprint density at radius 3 is 2.50 bits per heavy atom. The number of alkyl halides is 3. The number of hydrogen-bond acceptors (Lipinski definition) is 6. The van der Waals surface area contributed by atoms with Crippen molar-refractivity contribution in [3.8, 4) is 0 Å². The standard InChI is InChI=1S/C12H13BrF3N5O/c13-8-1-17-11(18-2-8)21-3-9(4-21)19-22-10-5-20(6-10)7-12(14,15)16/h1-2,10H,3-7H2. The van der Waals surface area contributed by atoms with Crippen molar-refractivity contribution < 1.29 is 18.0 Å². The average molecular weight is 380 g/mol. The Morgan fingerprint density at radius 1 is 1.27 bits per heavy atom. The van der Waals surface area contributed by atoms with Gasteiger partial charge in [0, 0.05) is 25.5 Å². The fourth-order valence-corrected chi connectivity index (χ4v) is 2.39. The van der Waals surface area contributed by atoms with Crippen LogP contribution in [0.4, 0.5) is 19.1 Å². The maximum atomic E-state index is 12.1. The van der Waals surface area contributed by atoms with E-state index in [1.807, 2.05) is 4.90 Å². The average Bonchev–Trinajstić information content (AvgIpc) is 2.34. The zero-order valence-corrected chi connectivity index (χ0v) is 13.0. The largest absolute Gasteiger partial charge is 0.401 e. The minimum atomic E-state index is -4.16. The SMILES string of the molecule is FC(F)(F)CN1CC(ON=C2CN(c3ncc(Br)cn3)C2)C1. The molecule has 0 spiro atoms. The molecule has 0 radical (unpaired) electrons. The van der Waals surface area contributed by atoms with Crippen molar-refractivity contribution in [3.05, 3.63) is 16.9 Å². The molecule has 0 N–H and O–H groups in total. The van der Waals surface area contributed by atoms with Crippen LogP contribution in [0.5, 0.6) is 0 Å². The minimum absolute atomic E-state index is 0.257. The highest BCUT2D eigenvalue weighted by Gasteiger charge is 2.38. The lowest BCUT2D eigenvalue weighted by atomic mass is 10.2. The molecular formula is C12H13BrF3N5O. The predicted molar refractivity (Wildman–Crippen MR) is 76.7 cm³/mol. The van der Waals surface area contributed by atoms with Crippen LogP contribution in [0, 0.1) is 0 Å². The van der Waals surface area contributed by atoms with E-state index in [4.69, 9.17) is 4.84 Å². The number of oxime groups is 1. The highest BCUT2D eigenvalue weighted by molar-refractivity contribution is 9.10. The smallest absolute Gasteiger partial charge is 0.390 e. The summed E-state index contributed by atoms with van der Waals surface area (Å²) in [4.78, 5) is 16.8. The molecule has 0 aliphatic carbocycles. The van der Waals surface area contributed by atoms with Crippen LogP contribution in [0.25, 0.3) is 0 Å². The van der Waals surface area contributed by atoms with E-state index in [2.05, 4.69) is 31.1 Å². The summed E-state index contributed by atoms with van der Waals surface area (Å²) in [7, 11) is 0. The monoisotopic (exact) mass is 379 g/mol. The van der Waals surface area contributed by atoms with Crippen LogP contribution >= 0.6 is 15.9 Å². The van der Waals surface area contributed by atoms with Crippen molar-refractivity contribution in [2.45, 2.75) is 12.3 Å². The summed E-state index contributed by atoms with van der Waals surface area (Å²) in [6.07, 6.45) is -1.08. The molecule has 0 saturated carbocycles.